The Balaban J connectivity index is 1.15. The number of amides is 3. The second-order valence-electron chi connectivity index (χ2n) is 15.7. The fourth-order valence-electron chi connectivity index (χ4n) is 6.04. The summed E-state index contributed by atoms with van der Waals surface area (Å²) in [6.07, 6.45) is -0.635. The summed E-state index contributed by atoms with van der Waals surface area (Å²) in [5.74, 6) is -0.0292. The number of rotatable bonds is 12. The molecule has 0 aliphatic carbocycles. The van der Waals surface area contributed by atoms with Crippen LogP contribution in [0.2, 0.25) is 0 Å². The number of carbonyl (C=O) groups is 3. The average molecular weight is 812 g/mol. The first-order chi connectivity index (χ1) is 27.4. The monoisotopic (exact) mass is 811 g/mol. The highest BCUT2D eigenvalue weighted by molar-refractivity contribution is 6.07. The highest BCUT2D eigenvalue weighted by Crippen LogP contribution is 2.22. The summed E-state index contributed by atoms with van der Waals surface area (Å²) in [6.45, 7) is 13.9. The van der Waals surface area contributed by atoms with Gasteiger partial charge < -0.3 is 28.1 Å². The number of ether oxygens (including phenoxy) is 4. The molecule has 58 heavy (non-hydrogen) atoms. The number of aryl methyl sites for hydroxylation is 2. The van der Waals surface area contributed by atoms with Crippen LogP contribution >= 0.6 is 0 Å². The molecule has 0 atom stereocenters. The van der Waals surface area contributed by atoms with Gasteiger partial charge in [-0.2, -0.15) is 18.2 Å². The molecule has 2 aliphatic heterocycles. The number of nitrogens with zero attached hydrogens (tertiary/aromatic N) is 7. The second-order valence-corrected chi connectivity index (χ2v) is 15.7. The quantitative estimate of drug-likeness (QED) is 0.180. The zero-order valence-corrected chi connectivity index (χ0v) is 33.9. The largest absolute Gasteiger partial charge is 0.494 e. The van der Waals surface area contributed by atoms with E-state index < -0.39 is 35.5 Å². The summed E-state index contributed by atoms with van der Waals surface area (Å²) in [5, 5.41) is 0. The lowest BCUT2D eigenvalue weighted by molar-refractivity contribution is -0.169. The Labute approximate surface area is 336 Å². The standard InChI is InChI=1S/C41H52F3N7O7/c1-39(2,3)57-37(53)50-23-7-19-45-33(50)29-11-15-31(16-12-29)55-27-9-21-48-25-26-49(36(48)47-35(52)41(42,43)44)22-10-28-56-32-17-13-30(14-18-32)34-46-20-8-24-51(34)38(54)58-40(4,5)6/h11-18,25-26H,7-10,19-24,27-28H2,1-6H3. The molecule has 0 unspecified atom stereocenters. The van der Waals surface area contributed by atoms with Crippen molar-refractivity contribution in [1.29, 1.82) is 0 Å². The molecule has 0 saturated carbocycles. The summed E-state index contributed by atoms with van der Waals surface area (Å²) in [5.41, 5.74) is 0.0400. The Morgan fingerprint density at radius 1 is 0.655 bits per heavy atom. The number of imidazole rings is 1. The third kappa shape index (κ3) is 12.4. The molecule has 2 aliphatic rings. The van der Waals surface area contributed by atoms with E-state index in [1.807, 2.05) is 41.5 Å². The van der Waals surface area contributed by atoms with E-state index in [-0.39, 0.29) is 31.9 Å². The lowest BCUT2D eigenvalue weighted by atomic mass is 10.1. The lowest BCUT2D eigenvalue weighted by Gasteiger charge is -2.30. The van der Waals surface area contributed by atoms with Gasteiger partial charge in [0.1, 0.15) is 34.4 Å². The van der Waals surface area contributed by atoms with E-state index in [0.29, 0.717) is 62.2 Å². The van der Waals surface area contributed by atoms with Crippen LogP contribution in [0.25, 0.3) is 0 Å². The maximum atomic E-state index is 13.3. The Kier molecular flexibility index (Phi) is 14.1. The third-order valence-electron chi connectivity index (χ3n) is 8.58. The van der Waals surface area contributed by atoms with Crippen molar-refractivity contribution in [2.45, 2.75) is 97.7 Å². The average Bonchev–Trinajstić information content (AvgIpc) is 3.54. The van der Waals surface area contributed by atoms with Gasteiger partial charge in [0.05, 0.1) is 13.2 Å². The third-order valence-corrected chi connectivity index (χ3v) is 8.58. The molecule has 0 spiro atoms. The Morgan fingerprint density at radius 2 is 1.05 bits per heavy atom. The van der Waals surface area contributed by atoms with Crippen molar-refractivity contribution in [3.8, 4) is 11.5 Å². The molecule has 1 aromatic heterocycles. The molecule has 5 rings (SSSR count). The molecule has 0 saturated heterocycles. The van der Waals surface area contributed by atoms with Gasteiger partial charge in [0.2, 0.25) is 5.62 Å². The van der Waals surface area contributed by atoms with Gasteiger partial charge in [-0.3, -0.25) is 24.6 Å². The maximum Gasteiger partial charge on any atom is 0.473 e. The van der Waals surface area contributed by atoms with E-state index in [2.05, 4.69) is 15.0 Å². The number of alkyl halides is 3. The van der Waals surface area contributed by atoms with Crippen molar-refractivity contribution in [1.82, 2.24) is 18.9 Å². The van der Waals surface area contributed by atoms with Crippen molar-refractivity contribution in [2.75, 3.05) is 39.4 Å². The second kappa shape index (κ2) is 18.8. The highest BCUT2D eigenvalue weighted by atomic mass is 19.4. The molecule has 0 N–H and O–H groups in total. The van der Waals surface area contributed by atoms with Crippen LogP contribution in [-0.2, 0) is 27.4 Å². The van der Waals surface area contributed by atoms with E-state index in [0.717, 1.165) is 24.0 Å². The molecule has 14 nitrogen and oxygen atoms in total. The summed E-state index contributed by atoms with van der Waals surface area (Å²) in [6, 6.07) is 14.2. The summed E-state index contributed by atoms with van der Waals surface area (Å²) in [7, 11) is 0. The van der Waals surface area contributed by atoms with Crippen molar-refractivity contribution in [3.05, 3.63) is 77.7 Å². The molecule has 17 heteroatoms. The molecule has 3 heterocycles. The number of halogens is 3. The smallest absolute Gasteiger partial charge is 0.473 e. The topological polar surface area (TPSA) is 142 Å². The van der Waals surface area contributed by atoms with Crippen LogP contribution in [0.5, 0.6) is 11.5 Å². The fraction of sp³-hybridized carbons (Fsp3) is 0.512. The van der Waals surface area contributed by atoms with Crippen LogP contribution in [0.1, 0.15) is 78.4 Å². The molecule has 0 bridgehead atoms. The minimum atomic E-state index is -5.13. The number of benzene rings is 2. The number of hydrogen-bond donors (Lipinski definition) is 0. The van der Waals surface area contributed by atoms with Gasteiger partial charge in [-0.15, -0.1) is 0 Å². The van der Waals surface area contributed by atoms with Gasteiger partial charge in [-0.05, 0) is 116 Å². The van der Waals surface area contributed by atoms with E-state index >= 15 is 0 Å². The molecule has 0 radical (unpaired) electrons. The number of aromatic nitrogens is 2. The molecule has 3 aromatic rings. The zero-order valence-electron chi connectivity index (χ0n) is 33.9. The van der Waals surface area contributed by atoms with Gasteiger partial charge in [-0.1, -0.05) is 0 Å². The first-order valence-corrected chi connectivity index (χ1v) is 19.4. The van der Waals surface area contributed by atoms with Crippen LogP contribution < -0.4 is 15.1 Å². The Morgan fingerprint density at radius 3 is 1.41 bits per heavy atom. The van der Waals surface area contributed by atoms with Gasteiger partial charge in [0, 0.05) is 62.8 Å². The number of carbonyl (C=O) groups excluding carboxylic acids is 3. The lowest BCUT2D eigenvalue weighted by Crippen LogP contribution is -2.44. The van der Waals surface area contributed by atoms with E-state index in [1.165, 1.54) is 18.9 Å². The molecule has 2 aromatic carbocycles. The fourth-order valence-corrected chi connectivity index (χ4v) is 6.04. The maximum absolute atomic E-state index is 13.3. The van der Waals surface area contributed by atoms with Gasteiger partial charge >= 0.3 is 24.3 Å². The van der Waals surface area contributed by atoms with Gasteiger partial charge in [0.25, 0.3) is 0 Å². The minimum absolute atomic E-state index is 0.137. The van der Waals surface area contributed by atoms with Crippen molar-refractivity contribution >= 4 is 29.8 Å². The van der Waals surface area contributed by atoms with E-state index in [1.54, 1.807) is 60.9 Å². The van der Waals surface area contributed by atoms with Crippen molar-refractivity contribution in [3.63, 3.8) is 0 Å². The van der Waals surface area contributed by atoms with Crippen molar-refractivity contribution < 1.29 is 46.5 Å². The number of aliphatic imine (C=N–C) groups is 2. The Hall–Kier alpha value is -5.61. The van der Waals surface area contributed by atoms with Crippen LogP contribution in [0.3, 0.4) is 0 Å². The predicted molar refractivity (Wildman–Crippen MR) is 210 cm³/mol. The Bertz CT molecular complexity index is 1900. The highest BCUT2D eigenvalue weighted by Gasteiger charge is 2.39. The van der Waals surface area contributed by atoms with Gasteiger partial charge in [-0.25, -0.2) is 9.59 Å². The molecular weight excluding hydrogens is 759 g/mol. The SMILES string of the molecule is CC(C)(C)OC(=O)N1CCCN=C1c1ccc(OCCCn2ccn(CCCOc3ccc(C4=NCCCN4C(=O)OC(C)(C)C)cc3)c2=NC(=O)C(F)(F)F)cc1. The van der Waals surface area contributed by atoms with Crippen molar-refractivity contribution in [2.24, 2.45) is 15.0 Å². The predicted octanol–water partition coefficient (Wildman–Crippen LogP) is 6.99. The van der Waals surface area contributed by atoms with Gasteiger partial charge in [0.15, 0.2) is 0 Å². The molecule has 314 valence electrons. The minimum Gasteiger partial charge on any atom is -0.494 e. The van der Waals surface area contributed by atoms with E-state index in [4.69, 9.17) is 18.9 Å². The molecule has 3 amide bonds. The zero-order chi connectivity index (χ0) is 42.1. The number of hydrogen-bond acceptors (Lipinski definition) is 9. The normalized spacial score (nSPS) is 15.0. The first kappa shape index (κ1) is 43.5. The molecule has 0 fully saturated rings. The summed E-state index contributed by atoms with van der Waals surface area (Å²) in [4.78, 5) is 53.2. The summed E-state index contributed by atoms with van der Waals surface area (Å²) < 4.78 is 65.7. The van der Waals surface area contributed by atoms with Crippen LogP contribution in [0, 0.1) is 0 Å². The van der Waals surface area contributed by atoms with Crippen LogP contribution in [0.4, 0.5) is 22.8 Å². The van der Waals surface area contributed by atoms with Crippen LogP contribution in [0.15, 0.2) is 75.9 Å². The number of amidine groups is 2. The summed E-state index contributed by atoms with van der Waals surface area (Å²) >= 11 is 0. The first-order valence-electron chi connectivity index (χ1n) is 19.4. The molecular formula is C41H52F3N7O7. The van der Waals surface area contributed by atoms with E-state index in [9.17, 15) is 27.6 Å². The van der Waals surface area contributed by atoms with Crippen LogP contribution in [-0.4, -0.2) is 105 Å².